The zero-order valence-corrected chi connectivity index (χ0v) is 14.7. The smallest absolute Gasteiger partial charge is 0.387 e. The first-order valence-electron chi connectivity index (χ1n) is 8.19. The number of amides is 2. The van der Waals surface area contributed by atoms with Crippen LogP contribution in [0.15, 0.2) is 18.2 Å². The Bertz CT molecular complexity index is 803. The molecule has 2 saturated heterocycles. The molecule has 0 saturated carbocycles. The van der Waals surface area contributed by atoms with E-state index in [0.29, 0.717) is 25.9 Å². The van der Waals surface area contributed by atoms with Gasteiger partial charge in [0.05, 0.1) is 11.5 Å². The fraction of sp³-hybridized carbons (Fsp3) is 0.562. The van der Waals surface area contributed by atoms with Crippen molar-refractivity contribution in [1.82, 2.24) is 4.90 Å². The van der Waals surface area contributed by atoms with E-state index in [1.165, 1.54) is 11.0 Å². The van der Waals surface area contributed by atoms with Gasteiger partial charge in [-0.15, -0.1) is 0 Å². The first-order chi connectivity index (χ1) is 12.2. The van der Waals surface area contributed by atoms with E-state index in [1.807, 2.05) is 0 Å². The van der Waals surface area contributed by atoms with Crippen molar-refractivity contribution in [2.45, 2.75) is 25.9 Å². The summed E-state index contributed by atoms with van der Waals surface area (Å²) in [6.45, 7) is -2.34. The van der Waals surface area contributed by atoms with E-state index in [1.54, 1.807) is 0 Å². The Balaban J connectivity index is 1.65. The number of alkyl halides is 2. The van der Waals surface area contributed by atoms with E-state index in [0.717, 1.165) is 18.6 Å². The third-order valence-electron chi connectivity index (χ3n) is 4.82. The van der Waals surface area contributed by atoms with Crippen LogP contribution in [-0.2, 0) is 9.84 Å². The van der Waals surface area contributed by atoms with Gasteiger partial charge in [0.25, 0.3) is 0 Å². The molecule has 2 amide bonds. The van der Waals surface area contributed by atoms with Gasteiger partial charge in [-0.1, -0.05) is 0 Å². The minimum atomic E-state index is -3.14. The fourth-order valence-electron chi connectivity index (χ4n) is 3.66. The molecule has 10 heteroatoms. The molecular formula is C16H19F3N2O4S. The SMILES string of the molecule is O=C(Nc1ccc(OC(F)F)c(F)c1)N1CCCC2(CCS(=O)(=O)C2)C1. The first kappa shape index (κ1) is 18.8. The van der Waals surface area contributed by atoms with Crippen molar-refractivity contribution in [2.75, 3.05) is 29.9 Å². The number of carbonyl (C=O) groups excluding carboxylic acids is 1. The molecule has 6 nitrogen and oxygen atoms in total. The standard InChI is InChI=1S/C16H19F3N2O4S/c17-12-8-11(2-3-13(12)25-14(18)19)20-15(22)21-6-1-4-16(9-21)5-7-26(23,24)10-16/h2-3,8,14H,1,4-7,9-10H2,(H,20,22). The van der Waals surface area contributed by atoms with E-state index < -0.39 is 39.5 Å². The number of benzene rings is 1. The number of hydrogen-bond donors (Lipinski definition) is 1. The Labute approximate surface area is 149 Å². The van der Waals surface area contributed by atoms with Crippen LogP contribution in [0.1, 0.15) is 19.3 Å². The summed E-state index contributed by atoms with van der Waals surface area (Å²) in [6.07, 6.45) is 1.98. The molecule has 1 unspecified atom stereocenters. The van der Waals surface area contributed by atoms with Crippen molar-refractivity contribution in [3.8, 4) is 5.75 Å². The van der Waals surface area contributed by atoms with Crippen LogP contribution in [0.25, 0.3) is 0 Å². The molecule has 0 radical (unpaired) electrons. The Morgan fingerprint density at radius 2 is 2.08 bits per heavy atom. The van der Waals surface area contributed by atoms with E-state index in [9.17, 15) is 26.4 Å². The molecule has 2 heterocycles. The third-order valence-corrected chi connectivity index (χ3v) is 6.70. The van der Waals surface area contributed by atoms with Gasteiger partial charge in [0.15, 0.2) is 21.4 Å². The van der Waals surface area contributed by atoms with Gasteiger partial charge in [-0.3, -0.25) is 0 Å². The summed E-state index contributed by atoms with van der Waals surface area (Å²) in [6, 6.07) is 2.70. The summed E-state index contributed by atoms with van der Waals surface area (Å²) in [5, 5.41) is 2.51. The number of likely N-dealkylation sites (tertiary alicyclic amines) is 1. The predicted molar refractivity (Wildman–Crippen MR) is 88.6 cm³/mol. The largest absolute Gasteiger partial charge is 0.432 e. The van der Waals surface area contributed by atoms with Gasteiger partial charge >= 0.3 is 12.6 Å². The molecule has 2 fully saturated rings. The summed E-state index contributed by atoms with van der Waals surface area (Å²) in [7, 11) is -3.07. The fourth-order valence-corrected chi connectivity index (χ4v) is 5.86. The monoisotopic (exact) mass is 392 g/mol. The molecule has 26 heavy (non-hydrogen) atoms. The highest BCUT2D eigenvalue weighted by Crippen LogP contribution is 2.40. The van der Waals surface area contributed by atoms with E-state index in [4.69, 9.17) is 0 Å². The molecule has 1 aromatic rings. The van der Waals surface area contributed by atoms with Gasteiger partial charge in [-0.05, 0) is 31.4 Å². The highest BCUT2D eigenvalue weighted by atomic mass is 32.2. The second-order valence-electron chi connectivity index (χ2n) is 6.82. The number of rotatable bonds is 3. The molecular weight excluding hydrogens is 373 g/mol. The first-order valence-corrected chi connectivity index (χ1v) is 10.0. The molecule has 0 bridgehead atoms. The number of urea groups is 1. The number of halogens is 3. The minimum Gasteiger partial charge on any atom is -0.432 e. The lowest BCUT2D eigenvalue weighted by Crippen LogP contribution is -2.48. The van der Waals surface area contributed by atoms with E-state index >= 15 is 0 Å². The second-order valence-corrected chi connectivity index (χ2v) is 9.01. The number of ether oxygens (including phenoxy) is 1. The molecule has 1 N–H and O–H groups in total. The molecule has 1 spiro atoms. The summed E-state index contributed by atoms with van der Waals surface area (Å²) >= 11 is 0. The molecule has 0 aliphatic carbocycles. The van der Waals surface area contributed by atoms with Crippen molar-refractivity contribution in [3.63, 3.8) is 0 Å². The molecule has 1 atom stereocenters. The van der Waals surface area contributed by atoms with Crippen LogP contribution in [0, 0.1) is 11.2 Å². The molecule has 1 aromatic carbocycles. The summed E-state index contributed by atoms with van der Waals surface area (Å²) < 4.78 is 65.6. The number of anilines is 1. The number of sulfone groups is 1. The highest BCUT2D eigenvalue weighted by molar-refractivity contribution is 7.91. The molecule has 3 rings (SSSR count). The lowest BCUT2D eigenvalue weighted by atomic mass is 9.80. The highest BCUT2D eigenvalue weighted by Gasteiger charge is 2.45. The lowest BCUT2D eigenvalue weighted by molar-refractivity contribution is -0.0521. The molecule has 2 aliphatic heterocycles. The van der Waals surface area contributed by atoms with Crippen molar-refractivity contribution < 1.29 is 31.1 Å². The van der Waals surface area contributed by atoms with Crippen LogP contribution in [0.2, 0.25) is 0 Å². The second kappa shape index (κ2) is 6.98. The van der Waals surface area contributed by atoms with Gasteiger partial charge in [0, 0.05) is 30.3 Å². The average molecular weight is 392 g/mol. The maximum absolute atomic E-state index is 13.7. The van der Waals surface area contributed by atoms with Crippen molar-refractivity contribution in [2.24, 2.45) is 5.41 Å². The number of carbonyl (C=O) groups is 1. The summed E-state index contributed by atoms with van der Waals surface area (Å²) in [4.78, 5) is 14.0. The summed E-state index contributed by atoms with van der Waals surface area (Å²) in [5.74, 6) is -1.40. The predicted octanol–water partition coefficient (Wildman–Crippen LogP) is 2.86. The van der Waals surface area contributed by atoms with Crippen LogP contribution < -0.4 is 10.1 Å². The Morgan fingerprint density at radius 3 is 2.69 bits per heavy atom. The van der Waals surface area contributed by atoms with Gasteiger partial charge in [-0.2, -0.15) is 8.78 Å². The van der Waals surface area contributed by atoms with Crippen LogP contribution >= 0.6 is 0 Å². The Hall–Kier alpha value is -1.97. The third kappa shape index (κ3) is 4.22. The molecule has 2 aliphatic rings. The Morgan fingerprint density at radius 1 is 1.31 bits per heavy atom. The number of nitrogens with one attached hydrogen (secondary N) is 1. The van der Waals surface area contributed by atoms with Gasteiger partial charge in [-0.25, -0.2) is 17.6 Å². The van der Waals surface area contributed by atoms with Crippen LogP contribution in [-0.4, -0.2) is 50.6 Å². The quantitative estimate of drug-likeness (QED) is 0.858. The molecule has 144 valence electrons. The van der Waals surface area contributed by atoms with Crippen molar-refractivity contribution in [1.29, 1.82) is 0 Å². The number of piperidine rings is 1. The van der Waals surface area contributed by atoms with Gasteiger partial charge in [0.2, 0.25) is 0 Å². The zero-order valence-electron chi connectivity index (χ0n) is 13.9. The summed E-state index contributed by atoms with van der Waals surface area (Å²) in [5.41, 5.74) is -0.304. The van der Waals surface area contributed by atoms with Crippen molar-refractivity contribution >= 4 is 21.6 Å². The zero-order chi connectivity index (χ0) is 18.9. The normalized spacial score (nSPS) is 24.8. The van der Waals surface area contributed by atoms with E-state index in [-0.39, 0.29) is 17.2 Å². The van der Waals surface area contributed by atoms with Crippen LogP contribution in [0.3, 0.4) is 0 Å². The van der Waals surface area contributed by atoms with Crippen LogP contribution in [0.4, 0.5) is 23.7 Å². The van der Waals surface area contributed by atoms with Gasteiger partial charge in [0.1, 0.15) is 0 Å². The maximum Gasteiger partial charge on any atom is 0.387 e. The Kier molecular flexibility index (Phi) is 5.05. The maximum atomic E-state index is 13.7. The average Bonchev–Trinajstić information content (AvgIpc) is 2.84. The molecule has 0 aromatic heterocycles. The number of nitrogens with zero attached hydrogens (tertiary/aromatic N) is 1. The lowest BCUT2D eigenvalue weighted by Gasteiger charge is -2.39. The van der Waals surface area contributed by atoms with E-state index in [2.05, 4.69) is 10.1 Å². The van der Waals surface area contributed by atoms with Crippen LogP contribution in [0.5, 0.6) is 5.75 Å². The number of hydrogen-bond acceptors (Lipinski definition) is 4. The minimum absolute atomic E-state index is 0.0814. The topological polar surface area (TPSA) is 75.7 Å². The van der Waals surface area contributed by atoms with Crippen molar-refractivity contribution in [3.05, 3.63) is 24.0 Å². The van der Waals surface area contributed by atoms with Gasteiger partial charge < -0.3 is 15.0 Å².